The Kier molecular flexibility index (Phi) is 4.62. The van der Waals surface area contributed by atoms with E-state index < -0.39 is 4.92 Å². The molecule has 1 heterocycles. The first-order valence-electron chi connectivity index (χ1n) is 8.04. The molecule has 3 rings (SSSR count). The largest absolute Gasteiger partial charge is 0.493 e. The van der Waals surface area contributed by atoms with Gasteiger partial charge in [-0.3, -0.25) is 14.9 Å². The van der Waals surface area contributed by atoms with Gasteiger partial charge in [-0.25, -0.2) is 0 Å². The Hall–Kier alpha value is -3.35. The third-order valence-electron chi connectivity index (χ3n) is 3.95. The molecular weight excluding hydrogens is 338 g/mol. The number of nitro benzene ring substituents is 1. The molecule has 1 aromatic heterocycles. The molecule has 3 aromatic rings. The summed E-state index contributed by atoms with van der Waals surface area (Å²) in [6, 6.07) is 8.86. The van der Waals surface area contributed by atoms with Crippen LogP contribution in [0.1, 0.15) is 18.2 Å². The van der Waals surface area contributed by atoms with Crippen LogP contribution >= 0.6 is 0 Å². The van der Waals surface area contributed by atoms with Crippen LogP contribution in [0.15, 0.2) is 45.6 Å². The van der Waals surface area contributed by atoms with Gasteiger partial charge in [-0.2, -0.15) is 0 Å². The number of nitro groups is 1. The van der Waals surface area contributed by atoms with Crippen LogP contribution in [0.4, 0.5) is 5.69 Å². The van der Waals surface area contributed by atoms with E-state index in [9.17, 15) is 14.9 Å². The van der Waals surface area contributed by atoms with Gasteiger partial charge in [0.2, 0.25) is 11.2 Å². The summed E-state index contributed by atoms with van der Waals surface area (Å²) in [4.78, 5) is 23.0. The number of hydrogen-bond donors (Lipinski definition) is 0. The maximum absolute atomic E-state index is 12.8. The van der Waals surface area contributed by atoms with Gasteiger partial charge in [0.15, 0.2) is 0 Å². The molecule has 7 nitrogen and oxygen atoms in total. The maximum atomic E-state index is 12.8. The fourth-order valence-electron chi connectivity index (χ4n) is 2.65. The molecule has 7 heteroatoms. The number of nitrogens with zero attached hydrogens (tertiary/aromatic N) is 1. The van der Waals surface area contributed by atoms with Gasteiger partial charge in [-0.05, 0) is 45.0 Å². The van der Waals surface area contributed by atoms with E-state index >= 15 is 0 Å². The molecule has 0 aliphatic rings. The van der Waals surface area contributed by atoms with Gasteiger partial charge in [0.05, 0.1) is 16.9 Å². The lowest BCUT2D eigenvalue weighted by Crippen LogP contribution is -2.08. The predicted octanol–water partition coefficient (Wildman–Crippen LogP) is 4.51. The Bertz CT molecular complexity index is 1040. The molecule has 0 fully saturated rings. The number of ether oxygens (including phenoxy) is 2. The highest BCUT2D eigenvalue weighted by Gasteiger charge is 2.17. The lowest BCUT2D eigenvalue weighted by Gasteiger charge is -2.12. The molecule has 0 aliphatic heterocycles. The highest BCUT2D eigenvalue weighted by molar-refractivity contribution is 5.83. The second kappa shape index (κ2) is 6.87. The molecule has 26 heavy (non-hydrogen) atoms. The second-order valence-corrected chi connectivity index (χ2v) is 5.67. The predicted molar refractivity (Wildman–Crippen MR) is 96.3 cm³/mol. The fourth-order valence-corrected chi connectivity index (χ4v) is 2.65. The molecule has 0 aliphatic carbocycles. The molecule has 0 saturated heterocycles. The third-order valence-corrected chi connectivity index (χ3v) is 3.95. The van der Waals surface area contributed by atoms with E-state index in [4.69, 9.17) is 13.9 Å². The highest BCUT2D eigenvalue weighted by Crippen LogP contribution is 2.31. The average Bonchev–Trinajstić information content (AvgIpc) is 2.62. The molecule has 0 spiro atoms. The van der Waals surface area contributed by atoms with Crippen LogP contribution in [0.2, 0.25) is 0 Å². The van der Waals surface area contributed by atoms with Crippen LogP contribution in [0.25, 0.3) is 11.0 Å². The Morgan fingerprint density at radius 2 is 1.81 bits per heavy atom. The summed E-state index contributed by atoms with van der Waals surface area (Å²) in [5.41, 5.74) is 0.827. The van der Waals surface area contributed by atoms with Crippen molar-refractivity contribution in [3.05, 3.63) is 68.1 Å². The zero-order chi connectivity index (χ0) is 18.8. The first-order valence-corrected chi connectivity index (χ1v) is 8.04. The Morgan fingerprint density at radius 1 is 1.12 bits per heavy atom. The van der Waals surface area contributed by atoms with Crippen LogP contribution in [0.3, 0.4) is 0 Å². The van der Waals surface area contributed by atoms with Crippen LogP contribution in [-0.4, -0.2) is 11.5 Å². The van der Waals surface area contributed by atoms with Gasteiger partial charge in [0, 0.05) is 17.7 Å². The minimum Gasteiger partial charge on any atom is -0.493 e. The van der Waals surface area contributed by atoms with Crippen LogP contribution < -0.4 is 14.9 Å². The number of fused-ring (bicyclic) bond motifs is 1. The highest BCUT2D eigenvalue weighted by atomic mass is 16.6. The van der Waals surface area contributed by atoms with E-state index in [1.807, 2.05) is 13.8 Å². The molecule has 0 amide bonds. The first kappa shape index (κ1) is 17.5. The van der Waals surface area contributed by atoms with Crippen molar-refractivity contribution < 1.29 is 18.8 Å². The first-order chi connectivity index (χ1) is 12.4. The van der Waals surface area contributed by atoms with Crippen LogP contribution in [0.5, 0.6) is 17.2 Å². The van der Waals surface area contributed by atoms with Crippen molar-refractivity contribution in [3.8, 4) is 17.2 Å². The smallest absolute Gasteiger partial charge is 0.269 e. The number of non-ortho nitro benzene ring substituents is 1. The zero-order valence-electron chi connectivity index (χ0n) is 14.6. The Labute approximate surface area is 148 Å². The molecule has 0 radical (unpaired) electrons. The second-order valence-electron chi connectivity index (χ2n) is 5.67. The van der Waals surface area contributed by atoms with Gasteiger partial charge in [-0.15, -0.1) is 0 Å². The summed E-state index contributed by atoms with van der Waals surface area (Å²) in [6.45, 7) is 5.85. The van der Waals surface area contributed by atoms with Crippen molar-refractivity contribution >= 4 is 16.7 Å². The van der Waals surface area contributed by atoms with E-state index in [-0.39, 0.29) is 16.9 Å². The SMILES string of the molecule is CCOc1ccc2c(=O)c(Oc3ccc([N+](=O)[O-])cc3)c(C)oc2c1C. The minimum atomic E-state index is -0.502. The summed E-state index contributed by atoms with van der Waals surface area (Å²) in [5.74, 6) is 1.34. The van der Waals surface area contributed by atoms with Crippen LogP contribution in [0, 0.1) is 24.0 Å². The van der Waals surface area contributed by atoms with Crippen molar-refractivity contribution in [1.29, 1.82) is 0 Å². The zero-order valence-corrected chi connectivity index (χ0v) is 14.6. The molecular formula is C19H17NO6. The monoisotopic (exact) mass is 355 g/mol. The van der Waals surface area contributed by atoms with Gasteiger partial charge < -0.3 is 13.9 Å². The summed E-state index contributed by atoms with van der Waals surface area (Å²) in [6.07, 6.45) is 0. The van der Waals surface area contributed by atoms with E-state index in [0.717, 1.165) is 5.56 Å². The van der Waals surface area contributed by atoms with Crippen molar-refractivity contribution in [2.24, 2.45) is 0 Å². The molecule has 134 valence electrons. The van der Waals surface area contributed by atoms with Crippen molar-refractivity contribution in [2.75, 3.05) is 6.61 Å². The van der Waals surface area contributed by atoms with Gasteiger partial charge in [-0.1, -0.05) is 0 Å². The topological polar surface area (TPSA) is 91.8 Å². The van der Waals surface area contributed by atoms with Gasteiger partial charge >= 0.3 is 0 Å². The van der Waals surface area contributed by atoms with E-state index in [2.05, 4.69) is 0 Å². The minimum absolute atomic E-state index is 0.0508. The number of hydrogen-bond acceptors (Lipinski definition) is 6. The molecule has 0 saturated carbocycles. The van der Waals surface area contributed by atoms with Crippen molar-refractivity contribution in [3.63, 3.8) is 0 Å². The Balaban J connectivity index is 2.05. The molecule has 0 bridgehead atoms. The average molecular weight is 355 g/mol. The molecule has 2 aromatic carbocycles. The standard InChI is InChI=1S/C19H17NO6/c1-4-24-16-10-9-15-17(21)19(12(3)25-18(15)11(16)2)26-14-7-5-13(6-8-14)20(22)23/h5-10H,4H2,1-3H3. The number of benzene rings is 2. The lowest BCUT2D eigenvalue weighted by molar-refractivity contribution is -0.384. The van der Waals surface area contributed by atoms with Gasteiger partial charge in [0.25, 0.3) is 5.69 Å². The maximum Gasteiger partial charge on any atom is 0.269 e. The normalized spacial score (nSPS) is 10.7. The van der Waals surface area contributed by atoms with Crippen molar-refractivity contribution in [2.45, 2.75) is 20.8 Å². The summed E-state index contributed by atoms with van der Waals surface area (Å²) in [7, 11) is 0. The Morgan fingerprint density at radius 3 is 2.42 bits per heavy atom. The van der Waals surface area contributed by atoms with Crippen molar-refractivity contribution in [1.82, 2.24) is 0 Å². The van der Waals surface area contributed by atoms with Gasteiger partial charge in [0.1, 0.15) is 22.8 Å². The van der Waals surface area contributed by atoms with Crippen LogP contribution in [-0.2, 0) is 0 Å². The quantitative estimate of drug-likeness (QED) is 0.494. The fraction of sp³-hybridized carbons (Fsp3) is 0.211. The molecule has 0 atom stereocenters. The molecule has 0 unspecified atom stereocenters. The summed E-state index contributed by atoms with van der Waals surface area (Å²) in [5, 5.41) is 11.1. The summed E-state index contributed by atoms with van der Waals surface area (Å²) < 4.78 is 17.0. The lowest BCUT2D eigenvalue weighted by atomic mass is 10.1. The summed E-state index contributed by atoms with van der Waals surface area (Å²) >= 11 is 0. The van der Waals surface area contributed by atoms with E-state index in [1.165, 1.54) is 24.3 Å². The number of rotatable bonds is 5. The van der Waals surface area contributed by atoms with E-state index in [1.54, 1.807) is 19.1 Å². The number of aryl methyl sites for hydroxylation is 2. The molecule has 0 N–H and O–H groups in total. The van der Waals surface area contributed by atoms with E-state index in [0.29, 0.717) is 34.8 Å². The third kappa shape index (κ3) is 3.11.